The summed E-state index contributed by atoms with van der Waals surface area (Å²) in [6.45, 7) is 7.98. The lowest BCUT2D eigenvalue weighted by Gasteiger charge is -2.28. The molecule has 1 heterocycles. The minimum atomic E-state index is -4.81. The third-order valence-corrected chi connectivity index (χ3v) is 6.07. The Hall–Kier alpha value is -3.19. The summed E-state index contributed by atoms with van der Waals surface area (Å²) in [5.74, 6) is -0.322. The van der Waals surface area contributed by atoms with Gasteiger partial charge in [0.25, 0.3) is 0 Å². The van der Waals surface area contributed by atoms with Crippen LogP contribution in [-0.4, -0.2) is 18.4 Å². The van der Waals surface area contributed by atoms with Gasteiger partial charge in [0, 0.05) is 16.4 Å². The second-order valence-corrected chi connectivity index (χ2v) is 8.69. The number of amides is 2. The van der Waals surface area contributed by atoms with Gasteiger partial charge < -0.3 is 4.74 Å². The Morgan fingerprint density at radius 3 is 2.08 bits per heavy atom. The summed E-state index contributed by atoms with van der Waals surface area (Å²) in [6.07, 6.45) is -3.38. The minimum Gasteiger partial charge on any atom is -0.406 e. The van der Waals surface area contributed by atoms with Crippen molar-refractivity contribution in [1.29, 1.82) is 0 Å². The number of benzene rings is 3. The van der Waals surface area contributed by atoms with Gasteiger partial charge in [-0.3, -0.25) is 9.80 Å². The third kappa shape index (κ3) is 6.13. The van der Waals surface area contributed by atoms with E-state index in [2.05, 4.69) is 4.74 Å². The molecule has 0 aromatic heterocycles. The average Bonchev–Trinajstić information content (AvgIpc) is 3.12. The largest absolute Gasteiger partial charge is 0.573 e. The third-order valence-electron chi connectivity index (χ3n) is 5.82. The van der Waals surface area contributed by atoms with Crippen LogP contribution in [0.3, 0.4) is 0 Å². The highest BCUT2D eigenvalue weighted by molar-refractivity contribution is 6.30. The van der Waals surface area contributed by atoms with Crippen molar-refractivity contribution in [1.82, 2.24) is 0 Å². The van der Waals surface area contributed by atoms with Crippen LogP contribution in [0.1, 0.15) is 50.8 Å². The monoisotopic (exact) mass is 518 g/mol. The second kappa shape index (κ2) is 11.7. The van der Waals surface area contributed by atoms with Crippen LogP contribution in [0.2, 0.25) is 5.02 Å². The van der Waals surface area contributed by atoms with Crippen molar-refractivity contribution in [3.8, 4) is 5.75 Å². The molecule has 1 fully saturated rings. The lowest BCUT2D eigenvalue weighted by atomic mass is 9.94. The smallest absolute Gasteiger partial charge is 0.406 e. The zero-order valence-electron chi connectivity index (χ0n) is 20.7. The number of rotatable bonds is 6. The number of hydrogen-bond donors (Lipinski definition) is 0. The van der Waals surface area contributed by atoms with E-state index in [1.165, 1.54) is 18.2 Å². The maximum absolute atomic E-state index is 13.9. The first kappa shape index (κ1) is 27.4. The zero-order valence-corrected chi connectivity index (χ0v) is 21.5. The van der Waals surface area contributed by atoms with Crippen molar-refractivity contribution in [2.75, 3.05) is 9.80 Å². The predicted molar refractivity (Wildman–Crippen MR) is 139 cm³/mol. The zero-order chi connectivity index (χ0) is 26.5. The Kier molecular flexibility index (Phi) is 8.90. The van der Waals surface area contributed by atoms with Crippen LogP contribution in [0.4, 0.5) is 29.3 Å². The van der Waals surface area contributed by atoms with E-state index in [0.717, 1.165) is 17.7 Å². The van der Waals surface area contributed by atoms with Gasteiger partial charge in [-0.05, 0) is 67.4 Å². The quantitative estimate of drug-likeness (QED) is 0.326. The van der Waals surface area contributed by atoms with Crippen molar-refractivity contribution < 1.29 is 22.7 Å². The van der Waals surface area contributed by atoms with Gasteiger partial charge in [0.1, 0.15) is 5.75 Å². The highest BCUT2D eigenvalue weighted by Gasteiger charge is 2.47. The second-order valence-electron chi connectivity index (χ2n) is 8.26. The number of hydrogen-bond acceptors (Lipinski definition) is 2. The lowest BCUT2D eigenvalue weighted by Crippen LogP contribution is -2.35. The average molecular weight is 519 g/mol. The molecule has 1 aliphatic heterocycles. The van der Waals surface area contributed by atoms with Gasteiger partial charge >= 0.3 is 12.4 Å². The first-order chi connectivity index (χ1) is 17.2. The van der Waals surface area contributed by atoms with Gasteiger partial charge in [-0.2, -0.15) is 0 Å². The van der Waals surface area contributed by atoms with E-state index in [1.54, 1.807) is 40.1 Å². The molecule has 0 N–H and O–H groups in total. The number of anilines is 2. The summed E-state index contributed by atoms with van der Waals surface area (Å²) < 4.78 is 42.9. The van der Waals surface area contributed by atoms with Crippen LogP contribution in [0.15, 0.2) is 72.8 Å². The topological polar surface area (TPSA) is 32.8 Å². The Bertz CT molecular complexity index is 1150. The maximum atomic E-state index is 13.9. The first-order valence-electron chi connectivity index (χ1n) is 12.0. The van der Waals surface area contributed by atoms with Crippen LogP contribution < -0.4 is 14.5 Å². The molecule has 1 saturated heterocycles. The van der Waals surface area contributed by atoms with Gasteiger partial charge in [0.15, 0.2) is 0 Å². The Morgan fingerprint density at radius 1 is 0.917 bits per heavy atom. The lowest BCUT2D eigenvalue weighted by molar-refractivity contribution is -0.274. The molecule has 8 heteroatoms. The molecule has 0 radical (unpaired) electrons. The van der Waals surface area contributed by atoms with Crippen LogP contribution in [0.25, 0.3) is 0 Å². The fourth-order valence-corrected chi connectivity index (χ4v) is 4.55. The van der Waals surface area contributed by atoms with Crippen molar-refractivity contribution in [3.05, 3.63) is 88.9 Å². The molecule has 4 nitrogen and oxygen atoms in total. The number of ether oxygens (including phenoxy) is 1. The molecule has 1 aliphatic rings. The van der Waals surface area contributed by atoms with Crippen molar-refractivity contribution in [3.63, 3.8) is 0 Å². The maximum Gasteiger partial charge on any atom is 0.573 e. The van der Waals surface area contributed by atoms with E-state index in [-0.39, 0.29) is 17.8 Å². The first-order valence-corrected chi connectivity index (χ1v) is 12.4. The Balaban J connectivity index is 0.00000176. The van der Waals surface area contributed by atoms with Gasteiger partial charge in [-0.15, -0.1) is 13.2 Å². The molecule has 0 bridgehead atoms. The van der Waals surface area contributed by atoms with E-state index in [1.807, 2.05) is 52.0 Å². The Labute approximate surface area is 215 Å². The summed E-state index contributed by atoms with van der Waals surface area (Å²) in [5.41, 5.74) is 2.96. The standard InChI is InChI=1S/C26H24ClF3N2O2.C2H6/c1-3-5-23-24(18-6-4-7-22(16-18)34-26(28,29)30)32(21-14-10-19(27)11-15-21)25(33)31(23)20-12-8-17(2)9-13-20;1-2/h4,6-16,23-24H,3,5H2,1-2H3;1-2H3. The number of carbonyl (C=O) groups excluding carboxylic acids is 1. The number of urea groups is 1. The highest BCUT2D eigenvalue weighted by atomic mass is 35.5. The molecule has 2 atom stereocenters. The van der Waals surface area contributed by atoms with E-state index in [0.29, 0.717) is 22.7 Å². The molecule has 3 aromatic carbocycles. The normalized spacial score (nSPS) is 17.6. The fourth-order valence-electron chi connectivity index (χ4n) is 4.42. The molecule has 192 valence electrons. The van der Waals surface area contributed by atoms with Crippen molar-refractivity contribution in [2.45, 2.75) is 59.0 Å². The van der Waals surface area contributed by atoms with E-state index in [9.17, 15) is 18.0 Å². The van der Waals surface area contributed by atoms with Crippen LogP contribution in [0, 0.1) is 6.92 Å². The van der Waals surface area contributed by atoms with Crippen LogP contribution >= 0.6 is 11.6 Å². The number of carbonyl (C=O) groups is 1. The molecule has 36 heavy (non-hydrogen) atoms. The van der Waals surface area contributed by atoms with E-state index >= 15 is 0 Å². The van der Waals surface area contributed by atoms with Gasteiger partial charge in [-0.1, -0.05) is 68.6 Å². The van der Waals surface area contributed by atoms with Crippen LogP contribution in [-0.2, 0) is 0 Å². The number of aryl methyl sites for hydroxylation is 1. The van der Waals surface area contributed by atoms with Crippen LogP contribution in [0.5, 0.6) is 5.75 Å². The summed E-state index contributed by atoms with van der Waals surface area (Å²) in [7, 11) is 0. The highest BCUT2D eigenvalue weighted by Crippen LogP contribution is 2.44. The van der Waals surface area contributed by atoms with Crippen molar-refractivity contribution in [2.24, 2.45) is 0 Å². The molecular weight excluding hydrogens is 489 g/mol. The number of nitrogens with zero attached hydrogens (tertiary/aromatic N) is 2. The summed E-state index contributed by atoms with van der Waals surface area (Å²) in [6, 6.07) is 19.3. The summed E-state index contributed by atoms with van der Waals surface area (Å²) in [4.78, 5) is 17.2. The summed E-state index contributed by atoms with van der Waals surface area (Å²) in [5, 5.41) is 0.521. The molecule has 2 amide bonds. The van der Waals surface area contributed by atoms with Gasteiger partial charge in [0.2, 0.25) is 0 Å². The molecular formula is C28H30ClF3N2O2. The molecule has 3 aromatic rings. The number of alkyl halides is 3. The minimum absolute atomic E-state index is 0.253. The van der Waals surface area contributed by atoms with Crippen molar-refractivity contribution >= 4 is 29.0 Å². The molecule has 2 unspecified atom stereocenters. The van der Waals surface area contributed by atoms with E-state index < -0.39 is 12.4 Å². The molecule has 0 aliphatic carbocycles. The number of halogens is 4. The molecule has 4 rings (SSSR count). The summed E-state index contributed by atoms with van der Waals surface area (Å²) >= 11 is 6.07. The van der Waals surface area contributed by atoms with E-state index in [4.69, 9.17) is 11.6 Å². The predicted octanol–water partition coefficient (Wildman–Crippen LogP) is 8.93. The Morgan fingerprint density at radius 2 is 1.50 bits per heavy atom. The fraction of sp³-hybridized carbons (Fsp3) is 0.321. The SMILES string of the molecule is CC.CCCC1C(c2cccc(OC(F)(F)F)c2)N(c2ccc(Cl)cc2)C(=O)N1c1ccc(C)cc1. The van der Waals surface area contributed by atoms with Gasteiger partial charge in [0.05, 0.1) is 12.1 Å². The van der Waals surface area contributed by atoms with Gasteiger partial charge in [-0.25, -0.2) is 4.79 Å². The molecule has 0 saturated carbocycles. The molecule has 0 spiro atoms.